The Morgan fingerprint density at radius 3 is 2.67 bits per heavy atom. The van der Waals surface area contributed by atoms with E-state index >= 15 is 0 Å². The van der Waals surface area contributed by atoms with E-state index in [9.17, 15) is 0 Å². The first-order valence-electron chi connectivity index (χ1n) is 1.69. The molecule has 0 aliphatic carbocycles. The lowest BCUT2D eigenvalue weighted by Gasteiger charge is -1.75. The van der Waals surface area contributed by atoms with Gasteiger partial charge in [0, 0.05) is 12.8 Å². The van der Waals surface area contributed by atoms with Gasteiger partial charge in [0.15, 0.2) is 0 Å². The van der Waals surface area contributed by atoms with Crippen LogP contribution in [0.25, 0.3) is 0 Å². The zero-order chi connectivity index (χ0) is 3.54. The molecule has 0 aromatic carbocycles. The van der Waals surface area contributed by atoms with Crippen molar-refractivity contribution < 1.29 is 0 Å². The lowest BCUT2D eigenvalue weighted by atomic mass is 10.8. The third kappa shape index (κ3) is 1.71. The van der Waals surface area contributed by atoms with Crippen LogP contribution in [-0.2, 0) is 0 Å². The Hall–Kier alpha value is 0.360. The number of nitrogens with zero attached hydrogens (tertiary/aromatic N) is 1. The minimum Gasteiger partial charge on any atom is -0.293 e. The van der Waals surface area contributed by atoms with Crippen LogP contribution < -0.4 is 5.32 Å². The van der Waals surface area contributed by atoms with Gasteiger partial charge < -0.3 is 0 Å². The van der Waals surface area contributed by atoms with Crippen LogP contribution in [0.2, 0.25) is 0 Å². The lowest BCUT2D eigenvalue weighted by molar-refractivity contribution is 0.851. The van der Waals surface area contributed by atoms with Crippen molar-refractivity contribution in [2.75, 3.05) is 13.2 Å². The van der Waals surface area contributed by atoms with Crippen LogP contribution in [0.5, 0.6) is 0 Å². The molecule has 0 atom stereocenters. The molecule has 0 aromatic rings. The highest BCUT2D eigenvalue weighted by Crippen LogP contribution is 1.67. The maximum atomic E-state index is 3.85. The van der Waals surface area contributed by atoms with Gasteiger partial charge in [-0.25, -0.2) is 0 Å². The maximum absolute atomic E-state index is 3.85. The molecule has 0 unspecified atom stereocenters. The summed E-state index contributed by atoms with van der Waals surface area (Å²) in [6.07, 6.45) is 1.88. The van der Waals surface area contributed by atoms with Crippen molar-refractivity contribution in [2.24, 2.45) is 4.99 Å². The van der Waals surface area contributed by atoms with E-state index in [1.165, 1.54) is 0 Å². The maximum Gasteiger partial charge on any atom is 0.0883 e. The molecule has 36 valence electrons. The lowest BCUT2D eigenvalue weighted by Crippen LogP contribution is -2.06. The molecule has 0 saturated heterocycles. The molecule has 0 amide bonds. The summed E-state index contributed by atoms with van der Waals surface area (Å²) in [6, 6.07) is 0. The Kier molecular flexibility index (Phi) is 3.76. The van der Waals surface area contributed by atoms with E-state index in [0.29, 0.717) is 0 Å². The number of hydrogen-bond acceptors (Lipinski definition) is 2. The van der Waals surface area contributed by atoms with Gasteiger partial charge in [-0.3, -0.25) is 10.3 Å². The van der Waals surface area contributed by atoms with E-state index in [-0.39, 0.29) is 24.0 Å². The van der Waals surface area contributed by atoms with Gasteiger partial charge in [-0.2, -0.15) is 0 Å². The highest BCUT2D eigenvalue weighted by Gasteiger charge is 1.82. The van der Waals surface area contributed by atoms with Crippen molar-refractivity contribution in [2.45, 2.75) is 0 Å². The minimum absolute atomic E-state index is 0. The molecule has 1 N–H and O–H groups in total. The van der Waals surface area contributed by atoms with Gasteiger partial charge in [0.1, 0.15) is 0 Å². The Morgan fingerprint density at radius 1 is 1.67 bits per heavy atom. The second-order valence-electron chi connectivity index (χ2n) is 0.977. The topological polar surface area (TPSA) is 24.4 Å². The van der Waals surface area contributed by atoms with Crippen LogP contribution in [0, 0.1) is 0 Å². The fourth-order valence-electron chi connectivity index (χ4n) is 0.323. The molecule has 1 rings (SSSR count). The van der Waals surface area contributed by atoms with Crippen LogP contribution in [-0.4, -0.2) is 19.4 Å². The molecule has 0 saturated carbocycles. The van der Waals surface area contributed by atoms with Gasteiger partial charge in [0.05, 0.1) is 6.67 Å². The van der Waals surface area contributed by atoms with E-state index in [4.69, 9.17) is 0 Å². The largest absolute Gasteiger partial charge is 0.293 e. The monoisotopic (exact) mass is 198 g/mol. The van der Waals surface area contributed by atoms with Gasteiger partial charge in [0.25, 0.3) is 0 Å². The van der Waals surface area contributed by atoms with Gasteiger partial charge in [-0.1, -0.05) is 0 Å². The average molecular weight is 198 g/mol. The summed E-state index contributed by atoms with van der Waals surface area (Å²) in [5.74, 6) is 0. The van der Waals surface area contributed by atoms with Gasteiger partial charge in [-0.05, 0) is 0 Å². The Balaban J connectivity index is 0.000000250. The first-order valence-corrected chi connectivity index (χ1v) is 1.69. The quantitative estimate of drug-likeness (QED) is 0.554. The first-order chi connectivity index (χ1) is 2.50. The Labute approximate surface area is 54.1 Å². The van der Waals surface area contributed by atoms with Crippen LogP contribution in [0.4, 0.5) is 0 Å². The number of aliphatic imine (C=N–C) groups is 1. The number of hydrogen-bond donors (Lipinski definition) is 1. The summed E-state index contributed by atoms with van der Waals surface area (Å²) >= 11 is 0. The predicted molar refractivity (Wildman–Crippen MR) is 36.8 cm³/mol. The molecule has 0 radical (unpaired) electrons. The van der Waals surface area contributed by atoms with E-state index in [2.05, 4.69) is 10.3 Å². The van der Waals surface area contributed by atoms with Gasteiger partial charge >= 0.3 is 0 Å². The molecule has 1 aliphatic heterocycles. The van der Waals surface area contributed by atoms with Crippen molar-refractivity contribution in [3.05, 3.63) is 0 Å². The highest BCUT2D eigenvalue weighted by atomic mass is 127. The molecular weight excluding hydrogens is 191 g/mol. The fourth-order valence-corrected chi connectivity index (χ4v) is 0.323. The van der Waals surface area contributed by atoms with Crippen molar-refractivity contribution in [1.29, 1.82) is 0 Å². The smallest absolute Gasteiger partial charge is 0.0883 e. The summed E-state index contributed by atoms with van der Waals surface area (Å²) < 4.78 is 0. The number of halogens is 1. The van der Waals surface area contributed by atoms with Crippen LogP contribution >= 0.6 is 24.0 Å². The van der Waals surface area contributed by atoms with Crippen molar-refractivity contribution >= 4 is 30.2 Å². The van der Waals surface area contributed by atoms with Crippen molar-refractivity contribution in [3.8, 4) is 0 Å². The minimum atomic E-state index is 0. The number of rotatable bonds is 0. The molecule has 0 spiro atoms. The van der Waals surface area contributed by atoms with E-state index < -0.39 is 0 Å². The third-order valence-electron chi connectivity index (χ3n) is 0.568. The summed E-state index contributed by atoms with van der Waals surface area (Å²) in [5.41, 5.74) is 0. The second kappa shape index (κ2) is 3.55. The van der Waals surface area contributed by atoms with Gasteiger partial charge in [-0.15, -0.1) is 24.0 Å². The van der Waals surface area contributed by atoms with Crippen LogP contribution in [0.1, 0.15) is 0 Å². The van der Waals surface area contributed by atoms with Crippen molar-refractivity contribution in [1.82, 2.24) is 5.32 Å². The highest BCUT2D eigenvalue weighted by molar-refractivity contribution is 14.0. The van der Waals surface area contributed by atoms with Crippen LogP contribution in [0.15, 0.2) is 4.99 Å². The van der Waals surface area contributed by atoms with E-state index in [1.807, 2.05) is 6.21 Å². The van der Waals surface area contributed by atoms with Crippen molar-refractivity contribution in [3.63, 3.8) is 0 Å². The van der Waals surface area contributed by atoms with Gasteiger partial charge in [0.2, 0.25) is 0 Å². The average Bonchev–Trinajstić information content (AvgIpc) is 1.76. The molecule has 1 heterocycles. The molecule has 2 nitrogen and oxygen atoms in total. The molecule has 0 bridgehead atoms. The Bertz CT molecular complexity index is 46.8. The zero-order valence-corrected chi connectivity index (χ0v) is 5.68. The number of nitrogens with one attached hydrogen (secondary N) is 1. The predicted octanol–water partition coefficient (Wildman–Crippen LogP) is 0.236. The molecule has 6 heavy (non-hydrogen) atoms. The van der Waals surface area contributed by atoms with Crippen LogP contribution in [0.3, 0.4) is 0 Å². The third-order valence-corrected chi connectivity index (χ3v) is 0.568. The standard InChI is InChI=1S/C3H6N2.HI/c1-2-5-3-4-1;/h1,5H,2-3H2;1H. The van der Waals surface area contributed by atoms with E-state index in [1.54, 1.807) is 0 Å². The summed E-state index contributed by atoms with van der Waals surface area (Å²) in [5, 5.41) is 3.00. The molecule has 3 heteroatoms. The summed E-state index contributed by atoms with van der Waals surface area (Å²) in [4.78, 5) is 3.85. The molecular formula is C3H7IN2. The Morgan fingerprint density at radius 2 is 2.50 bits per heavy atom. The summed E-state index contributed by atoms with van der Waals surface area (Å²) in [6.45, 7) is 1.78. The summed E-state index contributed by atoms with van der Waals surface area (Å²) in [7, 11) is 0. The first kappa shape index (κ1) is 6.36. The zero-order valence-electron chi connectivity index (χ0n) is 3.35. The molecule has 0 fully saturated rings. The van der Waals surface area contributed by atoms with E-state index in [0.717, 1.165) is 13.2 Å². The molecule has 0 aromatic heterocycles. The molecule has 1 aliphatic rings. The SMILES string of the molecule is C1=NCNC1.I. The second-order valence-corrected chi connectivity index (χ2v) is 0.977. The fraction of sp³-hybridized carbons (Fsp3) is 0.667. The normalized spacial score (nSPS) is 17.3.